The minimum absolute atomic E-state index is 0.0794. The second kappa shape index (κ2) is 14.0. The topological polar surface area (TPSA) is 214 Å². The van der Waals surface area contributed by atoms with Gasteiger partial charge in [0.25, 0.3) is 12.9 Å². The first-order valence-electron chi connectivity index (χ1n) is 10.6. The van der Waals surface area contributed by atoms with Crippen LogP contribution in [0.1, 0.15) is 32.1 Å². The number of H-pyrrole nitrogens is 1. The minimum atomic E-state index is -0.250. The first-order valence-corrected chi connectivity index (χ1v) is 10.6. The van der Waals surface area contributed by atoms with Crippen LogP contribution in [0.15, 0.2) is 24.9 Å². The Labute approximate surface area is 195 Å². The van der Waals surface area contributed by atoms with Gasteiger partial charge in [-0.1, -0.05) is 0 Å². The third-order valence-electron chi connectivity index (χ3n) is 5.22. The number of nitrogens with two attached hydrogens (primary N) is 1. The number of aromatic nitrogens is 6. The van der Waals surface area contributed by atoms with Gasteiger partial charge in [0.2, 0.25) is 11.9 Å². The molecule has 1 aliphatic carbocycles. The van der Waals surface area contributed by atoms with Crippen molar-refractivity contribution in [2.24, 2.45) is 5.92 Å². The van der Waals surface area contributed by atoms with Crippen LogP contribution in [0.3, 0.4) is 0 Å². The van der Waals surface area contributed by atoms with E-state index in [1.807, 2.05) is 10.8 Å². The van der Waals surface area contributed by atoms with E-state index in [0.717, 1.165) is 44.0 Å². The third kappa shape index (κ3) is 8.03. The lowest BCUT2D eigenvalue weighted by Crippen LogP contribution is -2.36. The number of aromatic amines is 1. The highest BCUT2D eigenvalue weighted by molar-refractivity contribution is 5.87. The average molecular weight is 476 g/mol. The molecule has 184 valence electrons. The summed E-state index contributed by atoms with van der Waals surface area (Å²) >= 11 is 0. The zero-order valence-corrected chi connectivity index (χ0v) is 18.5. The summed E-state index contributed by atoms with van der Waals surface area (Å²) in [5, 5.41) is 27.9. The maximum atomic E-state index is 12.4. The van der Waals surface area contributed by atoms with Gasteiger partial charge in [-0.3, -0.25) is 19.5 Å². The Kier molecular flexibility index (Phi) is 10.7. The standard InChI is InChI=1S/C18H25N9O.2CH2O2/c19-18-24-15(14-10-22-26-16(14)25-18)23-13-4-2-12(3-5-13)17(28)21-6-1-8-27-9-7-20-11-27;2*2-1-3/h7,9-13H,1-6,8H2,(H,21,28)(H4,19,22,23,24,25,26);2*1H,(H,2,3). The number of carbonyl (C=O) groups excluding carboxylic acids is 1. The predicted molar refractivity (Wildman–Crippen MR) is 123 cm³/mol. The molecule has 0 aromatic carbocycles. The van der Waals surface area contributed by atoms with Crippen LogP contribution >= 0.6 is 0 Å². The van der Waals surface area contributed by atoms with E-state index in [-0.39, 0.29) is 36.8 Å². The van der Waals surface area contributed by atoms with Crippen molar-refractivity contribution in [3.8, 4) is 0 Å². The summed E-state index contributed by atoms with van der Waals surface area (Å²) in [4.78, 5) is 41.6. The molecule has 3 heterocycles. The first kappa shape index (κ1) is 26.0. The molecule has 0 radical (unpaired) electrons. The number of amides is 1. The van der Waals surface area contributed by atoms with Crippen LogP contribution in [0.5, 0.6) is 0 Å². The van der Waals surface area contributed by atoms with Gasteiger partial charge >= 0.3 is 0 Å². The van der Waals surface area contributed by atoms with Gasteiger partial charge in [0.1, 0.15) is 5.82 Å². The Balaban J connectivity index is 0.000000618. The summed E-state index contributed by atoms with van der Waals surface area (Å²) in [7, 11) is 0. The highest BCUT2D eigenvalue weighted by Gasteiger charge is 2.26. The maximum absolute atomic E-state index is 12.4. The van der Waals surface area contributed by atoms with E-state index in [9.17, 15) is 4.79 Å². The van der Waals surface area contributed by atoms with E-state index in [2.05, 4.69) is 35.8 Å². The monoisotopic (exact) mass is 475 g/mol. The summed E-state index contributed by atoms with van der Waals surface area (Å²) in [6.45, 7) is 1.05. The molecule has 0 saturated heterocycles. The molecule has 0 spiro atoms. The number of fused-ring (bicyclic) bond motifs is 1. The predicted octanol–water partition coefficient (Wildman–Crippen LogP) is 0.710. The third-order valence-corrected chi connectivity index (χ3v) is 5.22. The van der Waals surface area contributed by atoms with Crippen LogP contribution in [-0.2, 0) is 20.9 Å². The van der Waals surface area contributed by atoms with Crippen molar-refractivity contribution in [3.05, 3.63) is 24.9 Å². The van der Waals surface area contributed by atoms with Gasteiger partial charge in [0.05, 0.1) is 17.9 Å². The Hall–Kier alpha value is -4.23. The van der Waals surface area contributed by atoms with Gasteiger partial charge in [-0.25, -0.2) is 4.98 Å². The van der Waals surface area contributed by atoms with E-state index in [1.54, 1.807) is 18.7 Å². The normalized spacial score (nSPS) is 16.8. The quantitative estimate of drug-likeness (QED) is 0.207. The molecule has 0 atom stereocenters. The summed E-state index contributed by atoms with van der Waals surface area (Å²) in [6, 6.07) is 0.262. The Morgan fingerprint density at radius 3 is 2.56 bits per heavy atom. The van der Waals surface area contributed by atoms with E-state index < -0.39 is 0 Å². The van der Waals surface area contributed by atoms with Crippen molar-refractivity contribution in [2.75, 3.05) is 17.6 Å². The highest BCUT2D eigenvalue weighted by Crippen LogP contribution is 2.28. The van der Waals surface area contributed by atoms with Gasteiger partial charge in [-0.2, -0.15) is 15.1 Å². The second-order valence-electron chi connectivity index (χ2n) is 7.41. The van der Waals surface area contributed by atoms with Crippen molar-refractivity contribution in [3.63, 3.8) is 0 Å². The zero-order valence-electron chi connectivity index (χ0n) is 18.5. The first-order chi connectivity index (χ1) is 16.5. The van der Waals surface area contributed by atoms with Crippen molar-refractivity contribution < 1.29 is 24.6 Å². The number of aryl methyl sites for hydroxylation is 1. The van der Waals surface area contributed by atoms with Crippen molar-refractivity contribution in [1.82, 2.24) is 35.0 Å². The number of nitrogens with one attached hydrogen (secondary N) is 3. The lowest BCUT2D eigenvalue weighted by molar-refractivity contribution is -0.126. The fourth-order valence-corrected chi connectivity index (χ4v) is 3.69. The van der Waals surface area contributed by atoms with Gasteiger partial charge in [-0.15, -0.1) is 0 Å². The summed E-state index contributed by atoms with van der Waals surface area (Å²) < 4.78 is 2.01. The second-order valence-corrected chi connectivity index (χ2v) is 7.41. The fraction of sp³-hybridized carbons (Fsp3) is 0.450. The molecule has 7 N–H and O–H groups in total. The minimum Gasteiger partial charge on any atom is -0.483 e. The summed E-state index contributed by atoms with van der Waals surface area (Å²) in [6.07, 6.45) is 11.6. The van der Waals surface area contributed by atoms with E-state index in [0.29, 0.717) is 18.0 Å². The van der Waals surface area contributed by atoms with Crippen LogP contribution in [0, 0.1) is 5.92 Å². The van der Waals surface area contributed by atoms with Gasteiger partial charge in [-0.05, 0) is 32.1 Å². The SMILES string of the molecule is Nc1nc(NC2CCC(C(=O)NCCCn3ccnc3)CC2)c2cn[nH]c2n1.O=CO.O=CO. The Bertz CT molecular complexity index is 1010. The number of nitrogens with zero attached hydrogens (tertiary/aromatic N) is 5. The highest BCUT2D eigenvalue weighted by atomic mass is 16.3. The Morgan fingerprint density at radius 1 is 1.21 bits per heavy atom. The lowest BCUT2D eigenvalue weighted by atomic mass is 9.85. The van der Waals surface area contributed by atoms with Crippen LogP contribution in [-0.4, -0.2) is 71.4 Å². The van der Waals surface area contributed by atoms with Crippen LogP contribution in [0.4, 0.5) is 11.8 Å². The average Bonchev–Trinajstić information content (AvgIpc) is 3.50. The molecule has 14 heteroatoms. The smallest absolute Gasteiger partial charge is 0.290 e. The number of hydrogen-bond acceptors (Lipinski definition) is 9. The number of carbonyl (C=O) groups is 3. The zero-order chi connectivity index (χ0) is 24.8. The molecule has 4 rings (SSSR count). The largest absolute Gasteiger partial charge is 0.483 e. The molecule has 3 aromatic heterocycles. The number of nitrogen functional groups attached to an aromatic ring is 1. The molecule has 0 unspecified atom stereocenters. The van der Waals surface area contributed by atoms with Gasteiger partial charge in [0.15, 0.2) is 5.65 Å². The Morgan fingerprint density at radius 2 is 1.91 bits per heavy atom. The van der Waals surface area contributed by atoms with Crippen molar-refractivity contribution in [2.45, 2.75) is 44.7 Å². The molecule has 0 bridgehead atoms. The molecule has 1 fully saturated rings. The number of hydrogen-bond donors (Lipinski definition) is 6. The van der Waals surface area contributed by atoms with Crippen molar-refractivity contribution >= 4 is 41.7 Å². The summed E-state index contributed by atoms with van der Waals surface area (Å²) in [5.41, 5.74) is 6.40. The molecule has 0 aliphatic heterocycles. The molecule has 14 nitrogen and oxygen atoms in total. The number of rotatable bonds is 7. The molecule has 34 heavy (non-hydrogen) atoms. The van der Waals surface area contributed by atoms with E-state index in [1.165, 1.54) is 0 Å². The molecule has 3 aromatic rings. The molecular formula is C20H29N9O5. The number of anilines is 2. The number of carboxylic acid groups (broad SMARTS) is 2. The fourth-order valence-electron chi connectivity index (χ4n) is 3.69. The van der Waals surface area contributed by atoms with Crippen molar-refractivity contribution in [1.29, 1.82) is 0 Å². The van der Waals surface area contributed by atoms with Gasteiger partial charge < -0.3 is 31.1 Å². The molecular weight excluding hydrogens is 446 g/mol. The summed E-state index contributed by atoms with van der Waals surface area (Å²) in [5.74, 6) is 1.15. The van der Waals surface area contributed by atoms with Crippen LogP contribution in [0.25, 0.3) is 11.0 Å². The molecule has 1 amide bonds. The lowest BCUT2D eigenvalue weighted by Gasteiger charge is -2.29. The van der Waals surface area contributed by atoms with E-state index in [4.69, 9.17) is 25.5 Å². The molecule has 1 aliphatic rings. The molecule has 1 saturated carbocycles. The van der Waals surface area contributed by atoms with Gasteiger partial charge in [0, 0.05) is 37.4 Å². The number of imidazole rings is 1. The van der Waals surface area contributed by atoms with E-state index >= 15 is 0 Å². The maximum Gasteiger partial charge on any atom is 0.290 e. The van der Waals surface area contributed by atoms with Crippen LogP contribution < -0.4 is 16.4 Å². The van der Waals surface area contributed by atoms with Crippen LogP contribution in [0.2, 0.25) is 0 Å².